The Labute approximate surface area is 499 Å². The monoisotopic (exact) mass is 1120 g/mol. The van der Waals surface area contributed by atoms with Crippen LogP contribution in [0, 0.1) is 5.92 Å². The van der Waals surface area contributed by atoms with Gasteiger partial charge in [0.2, 0.25) is 0 Å². The molecule has 0 spiro atoms. The second-order valence-electron chi connectivity index (χ2n) is 23.4. The van der Waals surface area contributed by atoms with Crippen molar-refractivity contribution in [2.45, 2.75) is 265 Å². The number of carbonyl (C=O) groups excluding carboxylic acids is 2. The van der Waals surface area contributed by atoms with Crippen molar-refractivity contribution in [1.29, 1.82) is 0 Å². The highest BCUT2D eigenvalue weighted by atomic mass is 16.5. The fraction of sp³-hybridized carbons (Fsp3) is 0.622. The van der Waals surface area contributed by atoms with Gasteiger partial charge in [0.05, 0.1) is 48.9 Å². The Morgan fingerprint density at radius 3 is 0.866 bits per heavy atom. The van der Waals surface area contributed by atoms with Crippen molar-refractivity contribution in [2.24, 2.45) is 15.9 Å². The Kier molecular flexibility index (Phi) is 40.7. The molecule has 0 bridgehead atoms. The summed E-state index contributed by atoms with van der Waals surface area (Å²) in [4.78, 5) is 34.8. The molecule has 454 valence electrons. The molecule has 8 heteroatoms. The van der Waals surface area contributed by atoms with Gasteiger partial charge in [-0.25, -0.2) is 9.59 Å². The van der Waals surface area contributed by atoms with E-state index in [1.807, 2.05) is 72.8 Å². The molecular weight excluding hydrogens is 1010 g/mol. The van der Waals surface area contributed by atoms with Gasteiger partial charge in [-0.3, -0.25) is 9.98 Å². The number of unbranched alkanes of at least 4 members (excludes halogenated alkanes) is 34. The smallest absolute Gasteiger partial charge is 0.338 e. The van der Waals surface area contributed by atoms with Gasteiger partial charge in [-0.15, -0.1) is 0 Å². The van der Waals surface area contributed by atoms with E-state index in [1.54, 1.807) is 36.7 Å². The molecule has 4 aromatic rings. The van der Waals surface area contributed by atoms with E-state index in [0.29, 0.717) is 24.0 Å². The van der Waals surface area contributed by atoms with Crippen molar-refractivity contribution in [1.82, 2.24) is 0 Å². The van der Waals surface area contributed by atoms with Crippen LogP contribution >= 0.6 is 0 Å². The van der Waals surface area contributed by atoms with Gasteiger partial charge >= 0.3 is 11.9 Å². The Bertz CT molecular complexity index is 2050. The summed E-state index contributed by atoms with van der Waals surface area (Å²) < 4.78 is 23.1. The van der Waals surface area contributed by atoms with Crippen LogP contribution in [0.15, 0.2) is 107 Å². The highest BCUT2D eigenvalue weighted by molar-refractivity contribution is 5.92. The summed E-state index contributed by atoms with van der Waals surface area (Å²) in [5, 5.41) is 0. The normalized spacial score (nSPS) is 11.9. The van der Waals surface area contributed by atoms with Crippen molar-refractivity contribution in [3.63, 3.8) is 0 Å². The lowest BCUT2D eigenvalue weighted by Gasteiger charge is -2.12. The first-order chi connectivity index (χ1) is 40.4. The summed E-state index contributed by atoms with van der Waals surface area (Å²) in [5.74, 6) is 1.22. The first-order valence-corrected chi connectivity index (χ1v) is 33.5. The zero-order valence-electron chi connectivity index (χ0n) is 52.0. The quantitative estimate of drug-likeness (QED) is 0.0248. The molecule has 0 unspecified atom stereocenters. The molecule has 0 aromatic heterocycles. The third kappa shape index (κ3) is 35.7. The van der Waals surface area contributed by atoms with Gasteiger partial charge in [-0.05, 0) is 116 Å². The maximum Gasteiger partial charge on any atom is 0.338 e. The van der Waals surface area contributed by atoms with E-state index < -0.39 is 0 Å². The molecule has 0 saturated heterocycles. The standard InChI is InChI=1S/C74H112N2O6/c1-4-6-8-10-12-14-16-18-20-22-24-26-28-30-32-34-36-38-58-79-71-52-48-69(49-53-71)75-62-65-40-44-67(45-41-65)73(77)81-60-56-64(3)57-61-82-74(78)68-46-42-66(43-47-68)63-76-70-50-54-72(55-51-70)80-59-39-37-35-33-31-29-27-25-23-21-19-17-15-13-11-9-7-5-2/h40-55,62-64H,4-39,56-61H2,1-3H3. The average molecular weight is 1130 g/mol. The predicted octanol–water partition coefficient (Wildman–Crippen LogP) is 22.5. The van der Waals surface area contributed by atoms with Gasteiger partial charge in [0.15, 0.2) is 0 Å². The topological polar surface area (TPSA) is 95.8 Å². The minimum absolute atomic E-state index is 0.205. The summed E-state index contributed by atoms with van der Waals surface area (Å²) >= 11 is 0. The van der Waals surface area contributed by atoms with E-state index >= 15 is 0 Å². The first kappa shape index (κ1) is 69.3. The number of benzene rings is 4. The van der Waals surface area contributed by atoms with Crippen LogP contribution in [0.5, 0.6) is 11.5 Å². The minimum atomic E-state index is -0.361. The molecule has 8 nitrogen and oxygen atoms in total. The van der Waals surface area contributed by atoms with E-state index in [9.17, 15) is 9.59 Å². The minimum Gasteiger partial charge on any atom is -0.494 e. The zero-order valence-corrected chi connectivity index (χ0v) is 52.0. The number of hydrogen-bond acceptors (Lipinski definition) is 8. The summed E-state index contributed by atoms with van der Waals surface area (Å²) in [6.45, 7) is 8.71. The Morgan fingerprint density at radius 1 is 0.341 bits per heavy atom. The van der Waals surface area contributed by atoms with Crippen molar-refractivity contribution < 1.29 is 28.5 Å². The second kappa shape index (κ2) is 48.2. The third-order valence-electron chi connectivity index (χ3n) is 15.9. The summed E-state index contributed by atoms with van der Waals surface area (Å²) in [6, 6.07) is 30.3. The number of aliphatic imine (C=N–C) groups is 2. The van der Waals surface area contributed by atoms with E-state index in [4.69, 9.17) is 18.9 Å². The zero-order chi connectivity index (χ0) is 58.0. The highest BCUT2D eigenvalue weighted by Gasteiger charge is 2.12. The SMILES string of the molecule is CCCCCCCCCCCCCCCCCCCCOc1ccc(N=Cc2ccc(C(=O)OCCC(C)CCOC(=O)c3ccc(C=Nc4ccc(OCCCCCCCCCCCCCCCCCCCC)cc4)cc3)cc2)cc1. The maximum absolute atomic E-state index is 12.8. The number of esters is 2. The Morgan fingerprint density at radius 2 is 0.598 bits per heavy atom. The Hall–Kier alpha value is -5.24. The van der Waals surface area contributed by atoms with Gasteiger partial charge < -0.3 is 18.9 Å². The molecule has 0 radical (unpaired) electrons. The maximum atomic E-state index is 12.8. The van der Waals surface area contributed by atoms with Gasteiger partial charge in [-0.2, -0.15) is 0 Å². The molecule has 4 rings (SSSR count). The van der Waals surface area contributed by atoms with Gasteiger partial charge in [0.1, 0.15) is 11.5 Å². The summed E-state index contributed by atoms with van der Waals surface area (Å²) in [7, 11) is 0. The molecule has 0 heterocycles. The number of nitrogens with zero attached hydrogens (tertiary/aromatic N) is 2. The van der Waals surface area contributed by atoms with Crippen LogP contribution in [0.3, 0.4) is 0 Å². The lowest BCUT2D eigenvalue weighted by Crippen LogP contribution is -2.12. The van der Waals surface area contributed by atoms with Gasteiger partial charge in [0.25, 0.3) is 0 Å². The number of rotatable bonds is 52. The van der Waals surface area contributed by atoms with E-state index in [1.165, 1.54) is 218 Å². The van der Waals surface area contributed by atoms with Crippen molar-refractivity contribution in [3.8, 4) is 11.5 Å². The first-order valence-electron chi connectivity index (χ1n) is 33.5. The van der Waals surface area contributed by atoms with E-state index in [2.05, 4.69) is 30.8 Å². The number of hydrogen-bond donors (Lipinski definition) is 0. The van der Waals surface area contributed by atoms with Gasteiger partial charge in [-0.1, -0.05) is 263 Å². The molecule has 4 aromatic carbocycles. The highest BCUT2D eigenvalue weighted by Crippen LogP contribution is 2.22. The van der Waals surface area contributed by atoms with Crippen molar-refractivity contribution >= 4 is 35.7 Å². The number of ether oxygens (including phenoxy) is 4. The lowest BCUT2D eigenvalue weighted by molar-refractivity contribution is 0.0449. The summed E-state index contributed by atoms with van der Waals surface area (Å²) in [5.41, 5.74) is 4.45. The third-order valence-corrected chi connectivity index (χ3v) is 15.9. The van der Waals surface area contributed by atoms with E-state index in [0.717, 1.165) is 60.1 Å². The van der Waals surface area contributed by atoms with Crippen LogP contribution in [-0.4, -0.2) is 50.8 Å². The lowest BCUT2D eigenvalue weighted by atomic mass is 10.0. The largest absolute Gasteiger partial charge is 0.494 e. The average Bonchev–Trinajstić information content (AvgIpc) is 3.50. The molecule has 0 aliphatic carbocycles. The predicted molar refractivity (Wildman–Crippen MR) is 348 cm³/mol. The van der Waals surface area contributed by atoms with Crippen molar-refractivity contribution in [3.05, 3.63) is 119 Å². The molecule has 82 heavy (non-hydrogen) atoms. The fourth-order valence-corrected chi connectivity index (χ4v) is 10.4. The van der Waals surface area contributed by atoms with E-state index in [-0.39, 0.29) is 31.1 Å². The van der Waals surface area contributed by atoms with Crippen LogP contribution in [0.2, 0.25) is 0 Å². The number of carbonyl (C=O) groups is 2. The molecular formula is C74H112N2O6. The van der Waals surface area contributed by atoms with Crippen LogP contribution in [0.4, 0.5) is 11.4 Å². The molecule has 0 atom stereocenters. The van der Waals surface area contributed by atoms with Crippen LogP contribution in [0.1, 0.15) is 297 Å². The molecule has 0 aliphatic heterocycles. The molecule has 0 aliphatic rings. The van der Waals surface area contributed by atoms with Crippen LogP contribution < -0.4 is 9.47 Å². The fourth-order valence-electron chi connectivity index (χ4n) is 10.4. The molecule has 0 fully saturated rings. The molecule has 0 saturated carbocycles. The van der Waals surface area contributed by atoms with Gasteiger partial charge in [0, 0.05) is 12.4 Å². The Balaban J connectivity index is 0.946. The second-order valence-corrected chi connectivity index (χ2v) is 23.4. The molecule has 0 N–H and O–H groups in total. The van der Waals surface area contributed by atoms with Crippen LogP contribution in [-0.2, 0) is 9.47 Å². The summed E-state index contributed by atoms with van der Waals surface area (Å²) in [6.07, 6.45) is 54.4. The van der Waals surface area contributed by atoms with Crippen molar-refractivity contribution in [2.75, 3.05) is 26.4 Å². The van der Waals surface area contributed by atoms with Crippen LogP contribution in [0.25, 0.3) is 0 Å². The molecule has 0 amide bonds.